The van der Waals surface area contributed by atoms with E-state index in [4.69, 9.17) is 9.47 Å². The fourth-order valence-electron chi connectivity index (χ4n) is 1.79. The van der Waals surface area contributed by atoms with Gasteiger partial charge < -0.3 is 14.2 Å². The molecule has 0 aliphatic rings. The van der Waals surface area contributed by atoms with E-state index >= 15 is 0 Å². The summed E-state index contributed by atoms with van der Waals surface area (Å²) in [5.41, 5.74) is 0.771. The average molecular weight is 291 g/mol. The van der Waals surface area contributed by atoms with Crippen molar-refractivity contribution in [3.05, 3.63) is 30.1 Å². The van der Waals surface area contributed by atoms with Crippen LogP contribution in [0.4, 0.5) is 0 Å². The van der Waals surface area contributed by atoms with Gasteiger partial charge >= 0.3 is 5.97 Å². The molecular formula is C14H17N3O4. The van der Waals surface area contributed by atoms with Crippen molar-refractivity contribution in [2.75, 3.05) is 20.3 Å². The predicted molar refractivity (Wildman–Crippen MR) is 75.0 cm³/mol. The lowest BCUT2D eigenvalue weighted by molar-refractivity contribution is 0.0594. The monoisotopic (exact) mass is 291 g/mol. The van der Waals surface area contributed by atoms with E-state index in [-0.39, 0.29) is 5.69 Å². The number of carbonyl (C=O) groups excluding carboxylic acids is 1. The molecule has 21 heavy (non-hydrogen) atoms. The zero-order chi connectivity index (χ0) is 15.2. The summed E-state index contributed by atoms with van der Waals surface area (Å²) in [7, 11) is 1.29. The lowest BCUT2D eigenvalue weighted by Gasteiger charge is -2.11. The lowest BCUT2D eigenvalue weighted by atomic mass is 10.2. The van der Waals surface area contributed by atoms with Crippen molar-refractivity contribution in [3.63, 3.8) is 0 Å². The Hall–Kier alpha value is -2.57. The smallest absolute Gasteiger partial charge is 0.360 e. The second-order valence-electron chi connectivity index (χ2n) is 4.04. The molecule has 2 aromatic rings. The van der Waals surface area contributed by atoms with Crippen molar-refractivity contribution < 1.29 is 19.0 Å². The first-order valence-corrected chi connectivity index (χ1v) is 6.60. The van der Waals surface area contributed by atoms with Crippen molar-refractivity contribution >= 4 is 5.97 Å². The van der Waals surface area contributed by atoms with Crippen molar-refractivity contribution in [2.45, 2.75) is 13.8 Å². The molecule has 0 aliphatic carbocycles. The van der Waals surface area contributed by atoms with E-state index in [0.717, 1.165) is 0 Å². The summed E-state index contributed by atoms with van der Waals surface area (Å²) in [6.45, 7) is 4.86. The van der Waals surface area contributed by atoms with E-state index in [2.05, 4.69) is 15.0 Å². The summed E-state index contributed by atoms with van der Waals surface area (Å²) in [6.07, 6.45) is 1.49. The van der Waals surface area contributed by atoms with Gasteiger partial charge in [-0.1, -0.05) is 5.21 Å². The molecule has 0 amide bonds. The van der Waals surface area contributed by atoms with E-state index in [9.17, 15) is 4.79 Å². The van der Waals surface area contributed by atoms with Gasteiger partial charge in [-0.3, -0.25) is 0 Å². The van der Waals surface area contributed by atoms with Crippen LogP contribution in [0.1, 0.15) is 24.3 Å². The van der Waals surface area contributed by atoms with Crippen LogP contribution < -0.4 is 9.47 Å². The highest BCUT2D eigenvalue weighted by Gasteiger charge is 2.14. The van der Waals surface area contributed by atoms with Gasteiger partial charge in [0.05, 0.1) is 26.5 Å². The first-order valence-electron chi connectivity index (χ1n) is 6.60. The van der Waals surface area contributed by atoms with Gasteiger partial charge in [0.25, 0.3) is 0 Å². The Morgan fingerprint density at radius 1 is 1.24 bits per heavy atom. The summed E-state index contributed by atoms with van der Waals surface area (Å²) in [5.74, 6) is 0.772. The van der Waals surface area contributed by atoms with E-state index in [1.165, 1.54) is 18.0 Å². The third-order valence-electron chi connectivity index (χ3n) is 2.68. The number of methoxy groups -OCH3 is 1. The highest BCUT2D eigenvalue weighted by atomic mass is 16.5. The van der Waals surface area contributed by atoms with Crippen LogP contribution in [0.5, 0.6) is 11.5 Å². The topological polar surface area (TPSA) is 75.5 Å². The molecule has 0 N–H and O–H groups in total. The standard InChI is InChI=1S/C14H17N3O4/c1-4-20-10-6-7-13(21-5-2)12(8-10)17-9-11(15-16-17)14(18)19-3/h6-9H,4-5H2,1-3H3. The quantitative estimate of drug-likeness (QED) is 0.756. The highest BCUT2D eigenvalue weighted by molar-refractivity contribution is 5.86. The largest absolute Gasteiger partial charge is 0.494 e. The molecule has 0 saturated heterocycles. The Balaban J connectivity index is 2.41. The maximum Gasteiger partial charge on any atom is 0.360 e. The fourth-order valence-corrected chi connectivity index (χ4v) is 1.79. The molecular weight excluding hydrogens is 274 g/mol. The summed E-state index contributed by atoms with van der Waals surface area (Å²) >= 11 is 0. The van der Waals surface area contributed by atoms with Gasteiger partial charge in [-0.05, 0) is 26.0 Å². The van der Waals surface area contributed by atoms with Crippen LogP contribution in [0.25, 0.3) is 5.69 Å². The van der Waals surface area contributed by atoms with Gasteiger partial charge in [0.1, 0.15) is 17.2 Å². The highest BCUT2D eigenvalue weighted by Crippen LogP contribution is 2.27. The van der Waals surface area contributed by atoms with E-state index in [1.54, 1.807) is 12.1 Å². The number of nitrogens with zero attached hydrogens (tertiary/aromatic N) is 3. The number of ether oxygens (including phenoxy) is 3. The minimum Gasteiger partial charge on any atom is -0.494 e. The average Bonchev–Trinajstić information content (AvgIpc) is 2.98. The second kappa shape index (κ2) is 6.74. The summed E-state index contributed by atoms with van der Waals surface area (Å²) in [5, 5.41) is 7.71. The minimum atomic E-state index is -0.542. The van der Waals surface area contributed by atoms with Crippen LogP contribution in [0.2, 0.25) is 0 Å². The molecule has 0 bridgehead atoms. The Morgan fingerprint density at radius 2 is 2.00 bits per heavy atom. The van der Waals surface area contributed by atoms with Gasteiger partial charge in [0.15, 0.2) is 5.69 Å². The molecule has 112 valence electrons. The molecule has 1 aromatic carbocycles. The molecule has 1 heterocycles. The second-order valence-corrected chi connectivity index (χ2v) is 4.04. The van der Waals surface area contributed by atoms with Crippen molar-refractivity contribution in [2.24, 2.45) is 0 Å². The lowest BCUT2D eigenvalue weighted by Crippen LogP contribution is -2.03. The summed E-state index contributed by atoms with van der Waals surface area (Å²) in [6, 6.07) is 5.39. The molecule has 1 aromatic heterocycles. The molecule has 7 nitrogen and oxygen atoms in total. The van der Waals surface area contributed by atoms with Crippen LogP contribution in [0, 0.1) is 0 Å². The number of rotatable bonds is 6. The zero-order valence-electron chi connectivity index (χ0n) is 12.2. The third-order valence-corrected chi connectivity index (χ3v) is 2.68. The molecule has 0 radical (unpaired) electrons. The maximum atomic E-state index is 11.4. The Bertz CT molecular complexity index is 624. The molecule has 7 heteroatoms. The molecule has 0 fully saturated rings. The van der Waals surface area contributed by atoms with Crippen molar-refractivity contribution in [1.82, 2.24) is 15.0 Å². The van der Waals surface area contributed by atoms with E-state index < -0.39 is 5.97 Å². The predicted octanol–water partition coefficient (Wildman–Crippen LogP) is 1.85. The number of benzene rings is 1. The Morgan fingerprint density at radius 3 is 2.67 bits per heavy atom. The van der Waals surface area contributed by atoms with Gasteiger partial charge in [-0.15, -0.1) is 5.10 Å². The number of aromatic nitrogens is 3. The number of esters is 1. The van der Waals surface area contributed by atoms with E-state index in [1.807, 2.05) is 19.9 Å². The van der Waals surface area contributed by atoms with Crippen LogP contribution in [0.3, 0.4) is 0 Å². The number of hydrogen-bond acceptors (Lipinski definition) is 6. The molecule has 0 spiro atoms. The number of carbonyl (C=O) groups is 1. The van der Waals surface area contributed by atoms with Gasteiger partial charge in [-0.25, -0.2) is 9.48 Å². The molecule has 2 rings (SSSR count). The van der Waals surface area contributed by atoms with Crippen LogP contribution in [-0.4, -0.2) is 41.3 Å². The Labute approximate surface area is 122 Å². The maximum absolute atomic E-state index is 11.4. The SMILES string of the molecule is CCOc1ccc(OCC)c(-n2cc(C(=O)OC)nn2)c1. The normalized spacial score (nSPS) is 10.2. The number of hydrogen-bond donors (Lipinski definition) is 0. The van der Waals surface area contributed by atoms with E-state index in [0.29, 0.717) is 30.4 Å². The summed E-state index contributed by atoms with van der Waals surface area (Å²) < 4.78 is 17.1. The third kappa shape index (κ3) is 3.31. The van der Waals surface area contributed by atoms with Crippen molar-refractivity contribution in [3.8, 4) is 17.2 Å². The van der Waals surface area contributed by atoms with Gasteiger partial charge in [0.2, 0.25) is 0 Å². The minimum absolute atomic E-state index is 0.127. The van der Waals surface area contributed by atoms with Gasteiger partial charge in [0, 0.05) is 6.07 Å². The van der Waals surface area contributed by atoms with Crippen LogP contribution in [-0.2, 0) is 4.74 Å². The molecule has 0 saturated carbocycles. The first kappa shape index (κ1) is 14.8. The van der Waals surface area contributed by atoms with Crippen LogP contribution in [0.15, 0.2) is 24.4 Å². The Kier molecular flexibility index (Phi) is 4.76. The van der Waals surface area contributed by atoms with Crippen molar-refractivity contribution in [1.29, 1.82) is 0 Å². The first-order chi connectivity index (χ1) is 10.2. The fraction of sp³-hybridized carbons (Fsp3) is 0.357. The van der Waals surface area contributed by atoms with Crippen LogP contribution >= 0.6 is 0 Å². The molecule has 0 unspecified atom stereocenters. The molecule has 0 aliphatic heterocycles. The molecule has 0 atom stereocenters. The zero-order valence-corrected chi connectivity index (χ0v) is 12.2. The summed E-state index contributed by atoms with van der Waals surface area (Å²) in [4.78, 5) is 11.4. The van der Waals surface area contributed by atoms with Gasteiger partial charge in [-0.2, -0.15) is 0 Å².